The van der Waals surface area contributed by atoms with E-state index in [9.17, 15) is 24.3 Å². The van der Waals surface area contributed by atoms with Gasteiger partial charge in [-0.05, 0) is 25.7 Å². The Bertz CT molecular complexity index is 1570. The van der Waals surface area contributed by atoms with Gasteiger partial charge >= 0.3 is 24.0 Å². The van der Waals surface area contributed by atoms with Crippen molar-refractivity contribution in [2.24, 2.45) is 0 Å². The van der Waals surface area contributed by atoms with Crippen LogP contribution < -0.4 is 27.0 Å². The van der Waals surface area contributed by atoms with Crippen LogP contribution in [0.2, 0.25) is 0 Å². The largest absolute Gasteiger partial charge is 0.463 e. The van der Waals surface area contributed by atoms with E-state index in [0.29, 0.717) is 29.3 Å². The molecule has 1 unspecified atom stereocenters. The number of anilines is 1. The molecule has 0 radical (unpaired) electrons. The van der Waals surface area contributed by atoms with Gasteiger partial charge in [0.1, 0.15) is 30.7 Å². The summed E-state index contributed by atoms with van der Waals surface area (Å²) >= 11 is 3.65. The molecule has 2 aromatic heterocycles. The Morgan fingerprint density at radius 3 is 2.20 bits per heavy atom. The smallest absolute Gasteiger partial charge is 0.315 e. The summed E-state index contributed by atoms with van der Waals surface area (Å²) < 4.78 is 19.0. The average molecular weight is 720 g/mol. The highest BCUT2D eigenvalue weighted by atomic mass is 32.2. The molecule has 7 rings (SSSR count). The standard InChI is InChI=1S/C30H41N9O8S2/c31-26-23-27(33-12-32-26)39(13-34-23)28-25(47-20(41)8-4-2-6-18-22-15(11-49-18)36-30(44)38-22)24(42)16(46-28)9-45-19(40)7-3-1-5-17-21-14(10-48-17)35-29(43)37-21/h12-18,21-22,24-25,28,42H,1-11H2,(H2,31,32,33)(H2,35,37,43)(H2,36,38,44)/t14-,15-,16+,17-,18-,21-,22-,24+,25?,28+/m0/s1. The fourth-order valence-electron chi connectivity index (χ4n) is 7.24. The van der Waals surface area contributed by atoms with Crippen molar-refractivity contribution in [2.75, 3.05) is 23.8 Å². The van der Waals surface area contributed by atoms with E-state index in [1.54, 1.807) is 0 Å². The number of amides is 4. The van der Waals surface area contributed by atoms with Gasteiger partial charge in [-0.3, -0.25) is 14.2 Å². The summed E-state index contributed by atoms with van der Waals surface area (Å²) in [5.41, 5.74) is 6.64. The number of unbranched alkanes of at least 4 members (excludes halogenated alkanes) is 2. The second-order valence-corrected chi connectivity index (χ2v) is 15.6. The fourth-order valence-corrected chi connectivity index (χ4v) is 10.3. The maximum atomic E-state index is 13.0. The molecule has 0 aliphatic carbocycles. The zero-order valence-electron chi connectivity index (χ0n) is 26.7. The quantitative estimate of drug-likeness (QED) is 0.0891. The second-order valence-electron chi connectivity index (χ2n) is 13.0. The van der Waals surface area contributed by atoms with Crippen molar-refractivity contribution in [1.82, 2.24) is 40.8 Å². The van der Waals surface area contributed by atoms with Crippen LogP contribution in [-0.2, 0) is 23.8 Å². The van der Waals surface area contributed by atoms with Gasteiger partial charge < -0.3 is 46.3 Å². The Balaban J connectivity index is 0.906. The third kappa shape index (κ3) is 7.34. The van der Waals surface area contributed by atoms with Gasteiger partial charge in [0.05, 0.1) is 30.5 Å². The molecule has 266 valence electrons. The number of nitrogen functional groups attached to an aromatic ring is 1. The number of urea groups is 2. The molecule has 4 amide bonds. The molecule has 0 saturated carbocycles. The van der Waals surface area contributed by atoms with Crippen molar-refractivity contribution >= 4 is 64.5 Å². The van der Waals surface area contributed by atoms with E-state index >= 15 is 0 Å². The number of aliphatic hydroxyl groups excluding tert-OH is 1. The van der Waals surface area contributed by atoms with Crippen molar-refractivity contribution in [3.05, 3.63) is 12.7 Å². The molecule has 5 saturated heterocycles. The van der Waals surface area contributed by atoms with Crippen LogP contribution in [0.25, 0.3) is 11.2 Å². The minimum absolute atomic E-state index is 0.101. The van der Waals surface area contributed by atoms with E-state index in [1.807, 2.05) is 23.5 Å². The van der Waals surface area contributed by atoms with E-state index in [0.717, 1.165) is 37.2 Å². The Hall–Kier alpha value is -3.55. The number of nitrogens with two attached hydrogens (primary N) is 1. The van der Waals surface area contributed by atoms with Gasteiger partial charge in [-0.25, -0.2) is 24.5 Å². The average Bonchev–Trinajstić information content (AvgIpc) is 3.92. The monoisotopic (exact) mass is 719 g/mol. The summed E-state index contributed by atoms with van der Waals surface area (Å²) in [5, 5.41) is 23.7. The molecular weight excluding hydrogens is 679 g/mol. The number of imidazole rings is 1. The minimum Gasteiger partial charge on any atom is -0.463 e. The predicted octanol–water partition coefficient (Wildman–Crippen LogP) is 0.573. The lowest BCUT2D eigenvalue weighted by Crippen LogP contribution is -2.37. The molecule has 5 fully saturated rings. The molecule has 0 aromatic carbocycles. The van der Waals surface area contributed by atoms with Crippen LogP contribution in [-0.4, -0.2) is 120 Å². The number of aromatic nitrogens is 4. The van der Waals surface area contributed by atoms with Crippen LogP contribution in [0.1, 0.15) is 57.6 Å². The fraction of sp³-hybridized carbons (Fsp3) is 0.700. The summed E-state index contributed by atoms with van der Waals surface area (Å²) in [7, 11) is 0. The summed E-state index contributed by atoms with van der Waals surface area (Å²) in [6, 6.07) is 0.276. The SMILES string of the molecule is Nc1ncnc2c1ncn2[C@@H]1O[C@H](COC(=O)CCCC[C@@H]2SC[C@@H]3NC(=O)N[C@@H]32)[C@@H](O)C1OC(=O)CCCC[C@@H]1SC[C@@H]2NC(=O)N[C@@H]21. The Labute approximate surface area is 290 Å². The van der Waals surface area contributed by atoms with Crippen molar-refractivity contribution in [2.45, 2.75) is 111 Å². The van der Waals surface area contributed by atoms with Crippen LogP contribution in [0.4, 0.5) is 15.4 Å². The number of rotatable bonds is 14. The van der Waals surface area contributed by atoms with Crippen LogP contribution in [0, 0.1) is 0 Å². The van der Waals surface area contributed by atoms with Crippen LogP contribution in [0.15, 0.2) is 12.7 Å². The number of fused-ring (bicyclic) bond motifs is 3. The summed E-state index contributed by atoms with van der Waals surface area (Å²) in [6.07, 6.45) is 3.15. The van der Waals surface area contributed by atoms with Gasteiger partial charge in [0, 0.05) is 34.8 Å². The third-order valence-electron chi connectivity index (χ3n) is 9.77. The first-order chi connectivity index (χ1) is 23.7. The van der Waals surface area contributed by atoms with Crippen molar-refractivity contribution in [3.8, 4) is 0 Å². The lowest BCUT2D eigenvalue weighted by atomic mass is 10.0. The van der Waals surface area contributed by atoms with E-state index < -0.39 is 36.5 Å². The number of hydrogen-bond acceptors (Lipinski definition) is 14. The van der Waals surface area contributed by atoms with Gasteiger partial charge in [-0.2, -0.15) is 23.5 Å². The second kappa shape index (κ2) is 14.7. The molecule has 49 heavy (non-hydrogen) atoms. The van der Waals surface area contributed by atoms with Gasteiger partial charge in [0.15, 0.2) is 23.8 Å². The van der Waals surface area contributed by atoms with E-state index in [-0.39, 0.29) is 66.7 Å². The van der Waals surface area contributed by atoms with Gasteiger partial charge in [0.2, 0.25) is 0 Å². The Morgan fingerprint density at radius 1 is 0.918 bits per heavy atom. The molecule has 0 spiro atoms. The molecule has 0 bridgehead atoms. The molecular formula is C30H41N9O8S2. The topological polar surface area (TPSA) is 234 Å². The van der Waals surface area contributed by atoms with Crippen molar-refractivity contribution in [1.29, 1.82) is 0 Å². The lowest BCUT2D eigenvalue weighted by Gasteiger charge is -2.22. The van der Waals surface area contributed by atoms with Crippen LogP contribution in [0.3, 0.4) is 0 Å². The molecule has 10 atom stereocenters. The third-order valence-corrected chi connectivity index (χ3v) is 12.8. The highest BCUT2D eigenvalue weighted by Crippen LogP contribution is 2.36. The molecule has 7 N–H and O–H groups in total. The Kier molecular flexibility index (Phi) is 10.2. The van der Waals surface area contributed by atoms with Gasteiger partial charge in [-0.15, -0.1) is 0 Å². The number of thioether (sulfide) groups is 2. The van der Waals surface area contributed by atoms with Crippen molar-refractivity contribution < 1.29 is 38.5 Å². The molecule has 19 heteroatoms. The zero-order valence-corrected chi connectivity index (χ0v) is 28.3. The number of esters is 2. The molecule has 2 aromatic rings. The number of carbonyl (C=O) groups excluding carboxylic acids is 4. The molecule has 5 aliphatic rings. The zero-order chi connectivity index (χ0) is 34.1. The molecule has 17 nitrogen and oxygen atoms in total. The van der Waals surface area contributed by atoms with E-state index in [1.165, 1.54) is 17.2 Å². The van der Waals surface area contributed by atoms with E-state index in [2.05, 4.69) is 36.2 Å². The van der Waals surface area contributed by atoms with Crippen LogP contribution in [0.5, 0.6) is 0 Å². The van der Waals surface area contributed by atoms with Gasteiger partial charge in [-0.1, -0.05) is 12.8 Å². The maximum absolute atomic E-state index is 13.0. The number of nitrogens with one attached hydrogen (secondary N) is 4. The molecule has 5 aliphatic heterocycles. The van der Waals surface area contributed by atoms with Gasteiger partial charge in [0.25, 0.3) is 0 Å². The first-order valence-corrected chi connectivity index (χ1v) is 18.8. The number of nitrogens with zero attached hydrogens (tertiary/aromatic N) is 4. The predicted molar refractivity (Wildman–Crippen MR) is 178 cm³/mol. The number of ether oxygens (including phenoxy) is 3. The first-order valence-electron chi connectivity index (χ1n) is 16.7. The maximum Gasteiger partial charge on any atom is 0.315 e. The first kappa shape index (κ1) is 33.9. The van der Waals surface area contributed by atoms with Crippen molar-refractivity contribution in [3.63, 3.8) is 0 Å². The highest BCUT2D eigenvalue weighted by molar-refractivity contribution is 8.00. The number of aliphatic hydroxyl groups is 1. The normalized spacial score (nSPS) is 33.1. The lowest BCUT2D eigenvalue weighted by molar-refractivity contribution is -0.158. The van der Waals surface area contributed by atoms with E-state index in [4.69, 9.17) is 19.9 Å². The highest BCUT2D eigenvalue weighted by Gasteiger charge is 2.49. The minimum atomic E-state index is -1.30. The van der Waals surface area contributed by atoms with Crippen LogP contribution >= 0.6 is 23.5 Å². The Morgan fingerprint density at radius 2 is 1.55 bits per heavy atom. The summed E-state index contributed by atoms with van der Waals surface area (Å²) in [6.45, 7) is -0.235. The summed E-state index contributed by atoms with van der Waals surface area (Å²) in [4.78, 5) is 61.5. The summed E-state index contributed by atoms with van der Waals surface area (Å²) in [5.74, 6) is 0.993. The number of carbonyl (C=O) groups is 4. The molecule has 7 heterocycles. The number of hydrogen-bond donors (Lipinski definition) is 6.